The predicted molar refractivity (Wildman–Crippen MR) is 112 cm³/mol. The molecule has 3 fully saturated rings. The molecular formula is C22H28N4O4. The SMILES string of the molecule is O=C(N[C@H]1CC[C@@H](Oc2cc(N3CCOCC3)cc3ncncc23)CC1)C1COC1. The summed E-state index contributed by atoms with van der Waals surface area (Å²) in [5.41, 5.74) is 2.01. The van der Waals surface area contributed by atoms with Crippen LogP contribution >= 0.6 is 0 Å². The zero-order valence-electron chi connectivity index (χ0n) is 17.1. The van der Waals surface area contributed by atoms with E-state index in [0.29, 0.717) is 13.2 Å². The maximum Gasteiger partial charge on any atom is 0.228 e. The van der Waals surface area contributed by atoms with Gasteiger partial charge in [0.15, 0.2) is 0 Å². The van der Waals surface area contributed by atoms with Gasteiger partial charge in [-0.15, -0.1) is 0 Å². The number of nitrogens with one attached hydrogen (secondary N) is 1. The molecule has 1 aromatic carbocycles. The van der Waals surface area contributed by atoms with Crippen LogP contribution in [0.15, 0.2) is 24.7 Å². The molecule has 3 aliphatic rings. The topological polar surface area (TPSA) is 85.8 Å². The van der Waals surface area contributed by atoms with Crippen molar-refractivity contribution in [3.05, 3.63) is 24.7 Å². The first kappa shape index (κ1) is 19.5. The number of hydrogen-bond acceptors (Lipinski definition) is 7. The molecule has 1 saturated carbocycles. The maximum atomic E-state index is 12.2. The summed E-state index contributed by atoms with van der Waals surface area (Å²) in [6.07, 6.45) is 7.24. The molecular weight excluding hydrogens is 384 g/mol. The number of carbonyl (C=O) groups is 1. The van der Waals surface area contributed by atoms with Gasteiger partial charge in [-0.2, -0.15) is 0 Å². The number of ether oxygens (including phenoxy) is 3. The number of hydrogen-bond donors (Lipinski definition) is 1. The molecule has 3 heterocycles. The minimum atomic E-state index is 0.0354. The van der Waals surface area contributed by atoms with E-state index in [0.717, 1.165) is 74.3 Å². The van der Waals surface area contributed by atoms with Gasteiger partial charge >= 0.3 is 0 Å². The van der Waals surface area contributed by atoms with E-state index >= 15 is 0 Å². The second-order valence-corrected chi connectivity index (χ2v) is 8.33. The van der Waals surface area contributed by atoms with Crippen molar-refractivity contribution in [2.75, 3.05) is 44.4 Å². The summed E-state index contributed by atoms with van der Waals surface area (Å²) in [4.78, 5) is 23.1. The first-order valence-electron chi connectivity index (χ1n) is 10.9. The van der Waals surface area contributed by atoms with E-state index in [1.807, 2.05) is 6.20 Å². The highest BCUT2D eigenvalue weighted by atomic mass is 16.5. The minimum absolute atomic E-state index is 0.0354. The van der Waals surface area contributed by atoms with Crippen LogP contribution in [0.2, 0.25) is 0 Å². The lowest BCUT2D eigenvalue weighted by atomic mass is 9.92. The zero-order valence-corrected chi connectivity index (χ0v) is 17.1. The van der Waals surface area contributed by atoms with Crippen LogP contribution in [0, 0.1) is 5.92 Å². The molecule has 0 unspecified atom stereocenters. The normalized spacial score (nSPS) is 25.0. The number of benzene rings is 1. The van der Waals surface area contributed by atoms with Gasteiger partial charge in [-0.05, 0) is 31.7 Å². The summed E-state index contributed by atoms with van der Waals surface area (Å²) in [6, 6.07) is 4.45. The monoisotopic (exact) mass is 412 g/mol. The van der Waals surface area contributed by atoms with Crippen LogP contribution in [0.3, 0.4) is 0 Å². The van der Waals surface area contributed by atoms with Crippen LogP contribution in [-0.4, -0.2) is 67.5 Å². The Kier molecular flexibility index (Phi) is 5.68. The van der Waals surface area contributed by atoms with Crippen molar-refractivity contribution in [2.24, 2.45) is 5.92 Å². The highest BCUT2D eigenvalue weighted by molar-refractivity contribution is 5.88. The van der Waals surface area contributed by atoms with Gasteiger partial charge in [-0.1, -0.05) is 0 Å². The summed E-state index contributed by atoms with van der Waals surface area (Å²) < 4.78 is 17.1. The Hall–Kier alpha value is -2.45. The third-order valence-corrected chi connectivity index (χ3v) is 6.27. The van der Waals surface area contributed by atoms with Crippen molar-refractivity contribution in [3.8, 4) is 5.75 Å². The van der Waals surface area contributed by atoms with Gasteiger partial charge in [-0.3, -0.25) is 4.79 Å². The average molecular weight is 412 g/mol. The fourth-order valence-electron chi connectivity index (χ4n) is 4.35. The molecule has 1 N–H and O–H groups in total. The molecule has 2 saturated heterocycles. The molecule has 0 radical (unpaired) electrons. The molecule has 1 aliphatic carbocycles. The molecule has 8 nitrogen and oxygen atoms in total. The highest BCUT2D eigenvalue weighted by Gasteiger charge is 2.30. The van der Waals surface area contributed by atoms with Gasteiger partial charge in [0.1, 0.15) is 12.1 Å². The van der Waals surface area contributed by atoms with E-state index in [9.17, 15) is 4.79 Å². The number of morpholine rings is 1. The van der Waals surface area contributed by atoms with Gasteiger partial charge in [-0.25, -0.2) is 9.97 Å². The van der Waals surface area contributed by atoms with Crippen molar-refractivity contribution in [1.29, 1.82) is 0 Å². The minimum Gasteiger partial charge on any atom is -0.490 e. The number of anilines is 1. The van der Waals surface area contributed by atoms with E-state index in [-0.39, 0.29) is 24.0 Å². The molecule has 0 atom stereocenters. The van der Waals surface area contributed by atoms with E-state index in [2.05, 4.69) is 32.3 Å². The Morgan fingerprint density at radius 2 is 1.90 bits per heavy atom. The smallest absolute Gasteiger partial charge is 0.228 e. The van der Waals surface area contributed by atoms with E-state index in [1.54, 1.807) is 6.33 Å². The Morgan fingerprint density at radius 1 is 1.10 bits per heavy atom. The largest absolute Gasteiger partial charge is 0.490 e. The van der Waals surface area contributed by atoms with Crippen LogP contribution in [0.4, 0.5) is 5.69 Å². The first-order valence-corrected chi connectivity index (χ1v) is 10.9. The number of nitrogens with zero attached hydrogens (tertiary/aromatic N) is 3. The van der Waals surface area contributed by atoms with Crippen molar-refractivity contribution in [3.63, 3.8) is 0 Å². The first-order chi connectivity index (χ1) is 14.8. The molecule has 0 spiro atoms. The lowest BCUT2D eigenvalue weighted by Gasteiger charge is -2.33. The summed E-state index contributed by atoms with van der Waals surface area (Å²) in [6.45, 7) is 4.32. The van der Waals surface area contributed by atoms with Crippen LogP contribution in [0.25, 0.3) is 10.9 Å². The Labute approximate surface area is 175 Å². The molecule has 0 bridgehead atoms. The molecule has 2 aliphatic heterocycles. The Bertz CT molecular complexity index is 890. The number of fused-ring (bicyclic) bond motifs is 1. The molecule has 2 aromatic rings. The maximum absolute atomic E-state index is 12.2. The molecule has 8 heteroatoms. The fourth-order valence-corrected chi connectivity index (χ4v) is 4.35. The van der Waals surface area contributed by atoms with Gasteiger partial charge < -0.3 is 24.4 Å². The van der Waals surface area contributed by atoms with Crippen molar-refractivity contribution < 1.29 is 19.0 Å². The van der Waals surface area contributed by atoms with Crippen molar-refractivity contribution in [1.82, 2.24) is 15.3 Å². The second kappa shape index (κ2) is 8.73. The zero-order chi connectivity index (χ0) is 20.3. The van der Waals surface area contributed by atoms with Crippen LogP contribution in [-0.2, 0) is 14.3 Å². The summed E-state index contributed by atoms with van der Waals surface area (Å²) in [5, 5.41) is 4.11. The van der Waals surface area contributed by atoms with E-state index < -0.39 is 0 Å². The predicted octanol–water partition coefficient (Wildman–Crippen LogP) is 1.92. The molecule has 5 rings (SSSR count). The average Bonchev–Trinajstić information content (AvgIpc) is 2.74. The highest BCUT2D eigenvalue weighted by Crippen LogP contribution is 2.33. The number of carbonyl (C=O) groups excluding carboxylic acids is 1. The van der Waals surface area contributed by atoms with Crippen LogP contribution in [0.5, 0.6) is 5.75 Å². The number of aromatic nitrogens is 2. The van der Waals surface area contributed by atoms with E-state index in [1.165, 1.54) is 0 Å². The van der Waals surface area contributed by atoms with Gasteiger partial charge in [0.05, 0.1) is 49.4 Å². The summed E-state index contributed by atoms with van der Waals surface area (Å²) in [5.74, 6) is 1.01. The van der Waals surface area contributed by atoms with Gasteiger partial charge in [0.2, 0.25) is 5.91 Å². The summed E-state index contributed by atoms with van der Waals surface area (Å²) >= 11 is 0. The lowest BCUT2D eigenvalue weighted by Crippen LogP contribution is -2.47. The molecule has 1 aromatic heterocycles. The Morgan fingerprint density at radius 3 is 2.63 bits per heavy atom. The standard InChI is InChI=1S/C22H28N4O4/c27-22(15-12-29-13-15)25-16-1-3-18(4-2-16)30-21-10-17(26-5-7-28-8-6-26)9-20-19(21)11-23-14-24-20/h9-11,14-16,18H,1-8,12-13H2,(H,25,27)/t16-,18+. The molecule has 160 valence electrons. The van der Waals surface area contributed by atoms with Crippen molar-refractivity contribution in [2.45, 2.75) is 37.8 Å². The van der Waals surface area contributed by atoms with Crippen molar-refractivity contribution >= 4 is 22.5 Å². The van der Waals surface area contributed by atoms with Crippen LogP contribution in [0.1, 0.15) is 25.7 Å². The summed E-state index contributed by atoms with van der Waals surface area (Å²) in [7, 11) is 0. The quantitative estimate of drug-likeness (QED) is 0.803. The van der Waals surface area contributed by atoms with Gasteiger partial charge in [0.25, 0.3) is 0 Å². The van der Waals surface area contributed by atoms with Crippen LogP contribution < -0.4 is 15.0 Å². The lowest BCUT2D eigenvalue weighted by molar-refractivity contribution is -0.139. The second-order valence-electron chi connectivity index (χ2n) is 8.33. The molecule has 1 amide bonds. The van der Waals surface area contributed by atoms with E-state index in [4.69, 9.17) is 14.2 Å². The third-order valence-electron chi connectivity index (χ3n) is 6.27. The fraction of sp³-hybridized carbons (Fsp3) is 0.591. The number of amides is 1. The number of rotatable bonds is 5. The van der Waals surface area contributed by atoms with Gasteiger partial charge in [0, 0.05) is 37.1 Å². The third kappa shape index (κ3) is 4.20. The molecule has 30 heavy (non-hydrogen) atoms. The Balaban J connectivity index is 1.26.